The Kier molecular flexibility index (Phi) is 4.25. The largest absolute Gasteiger partial charge is 0.335 e. The number of nitrogens with zero attached hydrogens (tertiary/aromatic N) is 2. The third-order valence-electron chi connectivity index (χ3n) is 4.74. The van der Waals surface area contributed by atoms with Crippen LogP contribution in [-0.2, 0) is 0 Å². The molecule has 2 heterocycles. The van der Waals surface area contributed by atoms with Crippen molar-refractivity contribution in [2.24, 2.45) is 5.92 Å². The lowest BCUT2D eigenvalue weighted by Gasteiger charge is -2.34. The van der Waals surface area contributed by atoms with Crippen molar-refractivity contribution in [2.45, 2.75) is 51.0 Å². The van der Waals surface area contributed by atoms with Crippen molar-refractivity contribution in [3.05, 3.63) is 29.0 Å². The first-order valence-electron chi connectivity index (χ1n) is 7.69. The van der Waals surface area contributed by atoms with Gasteiger partial charge in [0.15, 0.2) is 0 Å². The van der Waals surface area contributed by atoms with Crippen molar-refractivity contribution in [3.8, 4) is 0 Å². The summed E-state index contributed by atoms with van der Waals surface area (Å²) in [6.07, 6.45) is 10.4. The van der Waals surface area contributed by atoms with Crippen molar-refractivity contribution in [1.29, 1.82) is 0 Å². The Morgan fingerprint density at radius 2 is 2.00 bits per heavy atom. The molecule has 1 aromatic heterocycles. The molecule has 1 aliphatic heterocycles. The number of carbonyl (C=O) groups excluding carboxylic acids is 1. The van der Waals surface area contributed by atoms with E-state index in [1.54, 1.807) is 18.3 Å². The summed E-state index contributed by atoms with van der Waals surface area (Å²) < 4.78 is 0. The van der Waals surface area contributed by atoms with Crippen LogP contribution in [0.3, 0.4) is 0 Å². The molecule has 3 nitrogen and oxygen atoms in total. The van der Waals surface area contributed by atoms with Gasteiger partial charge in [0.25, 0.3) is 5.91 Å². The number of halogens is 1. The van der Waals surface area contributed by atoms with Gasteiger partial charge < -0.3 is 4.90 Å². The zero-order valence-electron chi connectivity index (χ0n) is 11.7. The molecule has 20 heavy (non-hydrogen) atoms. The molecule has 1 aliphatic carbocycles. The lowest BCUT2D eigenvalue weighted by Crippen LogP contribution is -2.40. The monoisotopic (exact) mass is 292 g/mol. The van der Waals surface area contributed by atoms with E-state index in [-0.39, 0.29) is 5.91 Å². The first-order valence-corrected chi connectivity index (χ1v) is 8.06. The standard InChI is InChI=1S/C16H21ClN2O/c17-15-13(8-4-10-18-15)16(20)19-11-5-9-14(19)12-6-2-1-3-7-12/h4,8,10,12,14H,1-3,5-7,9,11H2. The maximum Gasteiger partial charge on any atom is 0.257 e. The first-order chi connectivity index (χ1) is 9.77. The Morgan fingerprint density at radius 1 is 1.20 bits per heavy atom. The molecule has 1 atom stereocenters. The lowest BCUT2D eigenvalue weighted by molar-refractivity contribution is 0.0661. The van der Waals surface area contributed by atoms with Gasteiger partial charge in [-0.15, -0.1) is 0 Å². The minimum Gasteiger partial charge on any atom is -0.335 e. The average Bonchev–Trinajstić information content (AvgIpc) is 2.97. The highest BCUT2D eigenvalue weighted by Gasteiger charge is 2.36. The molecular weight excluding hydrogens is 272 g/mol. The van der Waals surface area contributed by atoms with E-state index in [9.17, 15) is 4.79 Å². The highest BCUT2D eigenvalue weighted by atomic mass is 35.5. The van der Waals surface area contributed by atoms with Crippen LogP contribution in [-0.4, -0.2) is 28.4 Å². The van der Waals surface area contributed by atoms with Crippen LogP contribution in [0.25, 0.3) is 0 Å². The zero-order valence-corrected chi connectivity index (χ0v) is 12.5. The van der Waals surface area contributed by atoms with Crippen LogP contribution in [0.1, 0.15) is 55.3 Å². The van der Waals surface area contributed by atoms with E-state index in [1.807, 2.05) is 0 Å². The molecule has 0 bridgehead atoms. The number of pyridine rings is 1. The molecule has 0 spiro atoms. The quantitative estimate of drug-likeness (QED) is 0.774. The number of amides is 1. The molecule has 2 fully saturated rings. The third kappa shape index (κ3) is 2.69. The Morgan fingerprint density at radius 3 is 2.75 bits per heavy atom. The molecule has 1 aromatic rings. The van der Waals surface area contributed by atoms with Crippen molar-refractivity contribution < 1.29 is 4.79 Å². The Hall–Kier alpha value is -1.09. The van der Waals surface area contributed by atoms with E-state index in [2.05, 4.69) is 9.88 Å². The number of likely N-dealkylation sites (tertiary alicyclic amines) is 1. The molecule has 1 amide bonds. The summed E-state index contributed by atoms with van der Waals surface area (Å²) in [5.74, 6) is 0.752. The molecule has 0 radical (unpaired) electrons. The maximum atomic E-state index is 12.7. The van der Waals surface area contributed by atoms with E-state index >= 15 is 0 Å². The van der Waals surface area contributed by atoms with Crippen LogP contribution in [0, 0.1) is 5.92 Å². The molecule has 2 aliphatic rings. The van der Waals surface area contributed by atoms with Crippen LogP contribution in [0.2, 0.25) is 5.15 Å². The lowest BCUT2D eigenvalue weighted by atomic mass is 9.83. The van der Waals surface area contributed by atoms with E-state index in [4.69, 9.17) is 11.6 Å². The van der Waals surface area contributed by atoms with Gasteiger partial charge in [-0.25, -0.2) is 4.98 Å². The van der Waals surface area contributed by atoms with Crippen LogP contribution in [0.4, 0.5) is 0 Å². The smallest absolute Gasteiger partial charge is 0.257 e. The summed E-state index contributed by atoms with van der Waals surface area (Å²) in [4.78, 5) is 18.8. The SMILES string of the molecule is O=C(c1cccnc1Cl)N1CCCC1C1CCCCC1. The van der Waals surface area contributed by atoms with Crippen LogP contribution < -0.4 is 0 Å². The van der Waals surface area contributed by atoms with E-state index < -0.39 is 0 Å². The highest BCUT2D eigenvalue weighted by Crippen LogP contribution is 2.35. The molecule has 0 aromatic carbocycles. The van der Waals surface area contributed by atoms with E-state index in [1.165, 1.54) is 32.1 Å². The Labute approximate surface area is 125 Å². The number of rotatable bonds is 2. The van der Waals surface area contributed by atoms with Crippen molar-refractivity contribution in [3.63, 3.8) is 0 Å². The average molecular weight is 293 g/mol. The topological polar surface area (TPSA) is 33.2 Å². The van der Waals surface area contributed by atoms with Crippen LogP contribution >= 0.6 is 11.6 Å². The minimum atomic E-state index is 0.0659. The van der Waals surface area contributed by atoms with Gasteiger partial charge in [-0.05, 0) is 43.7 Å². The van der Waals surface area contributed by atoms with Crippen LogP contribution in [0.15, 0.2) is 18.3 Å². The van der Waals surface area contributed by atoms with Crippen molar-refractivity contribution >= 4 is 17.5 Å². The number of hydrogen-bond acceptors (Lipinski definition) is 2. The molecule has 1 unspecified atom stereocenters. The second-order valence-electron chi connectivity index (χ2n) is 5.95. The minimum absolute atomic E-state index is 0.0659. The highest BCUT2D eigenvalue weighted by molar-refractivity contribution is 6.32. The molecule has 108 valence electrons. The first kappa shape index (κ1) is 13.9. The summed E-state index contributed by atoms with van der Waals surface area (Å²) in [5.41, 5.74) is 0.553. The Bertz CT molecular complexity index is 485. The van der Waals surface area contributed by atoms with E-state index in [0.717, 1.165) is 19.4 Å². The Balaban J connectivity index is 1.78. The second-order valence-corrected chi connectivity index (χ2v) is 6.31. The second kappa shape index (κ2) is 6.13. The van der Waals surface area contributed by atoms with Crippen LogP contribution in [0.5, 0.6) is 0 Å². The predicted octanol–water partition coefficient (Wildman–Crippen LogP) is 3.92. The van der Waals surface area contributed by atoms with Crippen molar-refractivity contribution in [2.75, 3.05) is 6.54 Å². The fraction of sp³-hybridized carbons (Fsp3) is 0.625. The fourth-order valence-electron chi connectivity index (χ4n) is 3.75. The number of carbonyl (C=O) groups is 1. The summed E-state index contributed by atoms with van der Waals surface area (Å²) in [6, 6.07) is 3.98. The summed E-state index contributed by atoms with van der Waals surface area (Å²) in [5, 5.41) is 0.326. The summed E-state index contributed by atoms with van der Waals surface area (Å²) in [7, 11) is 0. The molecule has 3 rings (SSSR count). The van der Waals surface area contributed by atoms with Gasteiger partial charge in [-0.1, -0.05) is 30.9 Å². The van der Waals surface area contributed by atoms with Crippen molar-refractivity contribution in [1.82, 2.24) is 9.88 Å². The van der Waals surface area contributed by atoms with Gasteiger partial charge in [0.2, 0.25) is 0 Å². The summed E-state index contributed by atoms with van der Waals surface area (Å²) in [6.45, 7) is 0.866. The van der Waals surface area contributed by atoms with Gasteiger partial charge in [-0.3, -0.25) is 4.79 Å². The normalized spacial score (nSPS) is 24.1. The number of hydrogen-bond donors (Lipinski definition) is 0. The van der Waals surface area contributed by atoms with Gasteiger partial charge in [0.1, 0.15) is 5.15 Å². The van der Waals surface area contributed by atoms with E-state index in [0.29, 0.717) is 22.7 Å². The van der Waals surface area contributed by atoms with Gasteiger partial charge >= 0.3 is 0 Å². The maximum absolute atomic E-state index is 12.7. The molecule has 1 saturated carbocycles. The zero-order chi connectivity index (χ0) is 13.9. The number of aromatic nitrogens is 1. The molecule has 0 N–H and O–H groups in total. The molecular formula is C16H21ClN2O. The van der Waals surface area contributed by atoms with Gasteiger partial charge in [-0.2, -0.15) is 0 Å². The summed E-state index contributed by atoms with van der Waals surface area (Å²) >= 11 is 6.07. The predicted molar refractivity (Wildman–Crippen MR) is 79.9 cm³/mol. The van der Waals surface area contributed by atoms with Gasteiger partial charge in [0.05, 0.1) is 5.56 Å². The van der Waals surface area contributed by atoms with Gasteiger partial charge in [0, 0.05) is 18.8 Å². The third-order valence-corrected chi connectivity index (χ3v) is 5.04. The molecule has 1 saturated heterocycles. The fourth-order valence-corrected chi connectivity index (χ4v) is 3.95. The molecule has 4 heteroatoms.